The van der Waals surface area contributed by atoms with Crippen LogP contribution in [0.4, 0.5) is 5.69 Å². The Morgan fingerprint density at radius 3 is 2.50 bits per heavy atom. The predicted octanol–water partition coefficient (Wildman–Crippen LogP) is 3.92. The molecule has 1 N–H and O–H groups in total. The average molecular weight is 398 g/mol. The van der Waals surface area contributed by atoms with E-state index in [0.717, 1.165) is 12.2 Å². The summed E-state index contributed by atoms with van der Waals surface area (Å²) in [5.41, 5.74) is 0.665. The summed E-state index contributed by atoms with van der Waals surface area (Å²) >= 11 is 1.28. The number of thioether (sulfide) groups is 1. The monoisotopic (exact) mass is 398 g/mol. The molecule has 0 saturated heterocycles. The van der Waals surface area contributed by atoms with Crippen molar-refractivity contribution in [2.75, 3.05) is 18.5 Å². The molecule has 2 aromatic rings. The molecule has 28 heavy (non-hydrogen) atoms. The van der Waals surface area contributed by atoms with Gasteiger partial charge in [-0.15, -0.1) is 0 Å². The van der Waals surface area contributed by atoms with Crippen LogP contribution in [0.5, 0.6) is 11.5 Å². The number of amides is 2. The van der Waals surface area contributed by atoms with Crippen molar-refractivity contribution in [3.8, 4) is 11.5 Å². The van der Waals surface area contributed by atoms with E-state index in [1.807, 2.05) is 49.4 Å². The molecule has 0 unspecified atom stereocenters. The largest absolute Gasteiger partial charge is 0.494 e. The molecule has 3 rings (SSSR count). The zero-order valence-electron chi connectivity index (χ0n) is 15.6. The highest BCUT2D eigenvalue weighted by molar-refractivity contribution is 8.15. The van der Waals surface area contributed by atoms with Gasteiger partial charge in [0.05, 0.1) is 6.61 Å². The summed E-state index contributed by atoms with van der Waals surface area (Å²) < 4.78 is 11.1. The van der Waals surface area contributed by atoms with E-state index >= 15 is 0 Å². The first-order valence-electron chi connectivity index (χ1n) is 9.12. The predicted molar refractivity (Wildman–Crippen MR) is 111 cm³/mol. The van der Waals surface area contributed by atoms with Gasteiger partial charge in [-0.3, -0.25) is 9.59 Å². The molecule has 146 valence electrons. The van der Waals surface area contributed by atoms with E-state index in [2.05, 4.69) is 10.3 Å². The fourth-order valence-electron chi connectivity index (χ4n) is 2.53. The minimum absolute atomic E-state index is 0.0654. The van der Waals surface area contributed by atoms with Gasteiger partial charge in [0.25, 0.3) is 5.91 Å². The van der Waals surface area contributed by atoms with Gasteiger partial charge in [-0.05, 0) is 42.8 Å². The molecule has 0 bridgehead atoms. The highest BCUT2D eigenvalue weighted by Crippen LogP contribution is 2.26. The van der Waals surface area contributed by atoms with Gasteiger partial charge in [-0.1, -0.05) is 36.9 Å². The molecule has 1 atom stereocenters. The van der Waals surface area contributed by atoms with Gasteiger partial charge in [0.2, 0.25) is 5.91 Å². The minimum Gasteiger partial charge on any atom is -0.494 e. The lowest BCUT2D eigenvalue weighted by molar-refractivity contribution is -0.121. The number of rotatable bonds is 9. The average Bonchev–Trinajstić information content (AvgIpc) is 3.06. The molecule has 0 aliphatic carbocycles. The number of nitrogens with one attached hydrogen (secondary N) is 1. The molecular formula is C21H22N2O4S. The van der Waals surface area contributed by atoms with E-state index in [1.165, 1.54) is 11.8 Å². The smallest absolute Gasteiger partial charge is 0.260 e. The number of benzene rings is 2. The summed E-state index contributed by atoms with van der Waals surface area (Å²) in [7, 11) is 0. The molecule has 1 heterocycles. The Bertz CT molecular complexity index is 837. The van der Waals surface area contributed by atoms with Gasteiger partial charge in [0.1, 0.15) is 28.4 Å². The van der Waals surface area contributed by atoms with Crippen LogP contribution in [-0.2, 0) is 9.59 Å². The number of nitrogens with zero attached hydrogens (tertiary/aromatic N) is 1. The molecule has 1 aliphatic rings. The number of para-hydroxylation sites is 1. The van der Waals surface area contributed by atoms with Gasteiger partial charge in [-0.2, -0.15) is 0 Å². The molecule has 0 saturated carbocycles. The second kappa shape index (κ2) is 9.94. The third-order valence-corrected chi connectivity index (χ3v) is 5.01. The van der Waals surface area contributed by atoms with Crippen molar-refractivity contribution < 1.29 is 19.1 Å². The zero-order chi connectivity index (χ0) is 19.8. The van der Waals surface area contributed by atoms with E-state index < -0.39 is 5.25 Å². The summed E-state index contributed by atoms with van der Waals surface area (Å²) in [4.78, 5) is 28.3. The molecule has 7 heteroatoms. The molecule has 0 aromatic heterocycles. The summed E-state index contributed by atoms with van der Waals surface area (Å²) in [5.74, 6) is 0.951. The lowest BCUT2D eigenvalue weighted by Crippen LogP contribution is -2.21. The maximum atomic E-state index is 12.3. The van der Waals surface area contributed by atoms with E-state index in [0.29, 0.717) is 23.1 Å². The third kappa shape index (κ3) is 5.85. The van der Waals surface area contributed by atoms with Crippen LogP contribution >= 0.6 is 11.8 Å². The molecule has 0 fully saturated rings. The SMILES string of the molecule is CCCOc1ccc(NC(=O)C[C@@H]2SC(COc3ccccc3)=NC2=O)cc1. The van der Waals surface area contributed by atoms with E-state index in [-0.39, 0.29) is 24.8 Å². The minimum atomic E-state index is -0.512. The number of hydrogen-bond acceptors (Lipinski definition) is 5. The van der Waals surface area contributed by atoms with E-state index in [1.54, 1.807) is 12.1 Å². The maximum absolute atomic E-state index is 12.3. The quantitative estimate of drug-likeness (QED) is 0.693. The van der Waals surface area contributed by atoms with Crippen LogP contribution in [0.2, 0.25) is 0 Å². The zero-order valence-corrected chi connectivity index (χ0v) is 16.4. The Morgan fingerprint density at radius 1 is 1.07 bits per heavy atom. The van der Waals surface area contributed by atoms with Crippen molar-refractivity contribution in [1.82, 2.24) is 0 Å². The third-order valence-electron chi connectivity index (χ3n) is 3.88. The molecular weight excluding hydrogens is 376 g/mol. The van der Waals surface area contributed by atoms with Gasteiger partial charge < -0.3 is 14.8 Å². The van der Waals surface area contributed by atoms with Crippen molar-refractivity contribution in [3.05, 3.63) is 54.6 Å². The second-order valence-corrected chi connectivity index (χ2v) is 7.45. The topological polar surface area (TPSA) is 77.0 Å². The van der Waals surface area contributed by atoms with Crippen molar-refractivity contribution in [1.29, 1.82) is 0 Å². The lowest BCUT2D eigenvalue weighted by Gasteiger charge is -2.10. The van der Waals surface area contributed by atoms with E-state index in [9.17, 15) is 9.59 Å². The number of hydrogen-bond donors (Lipinski definition) is 1. The standard InChI is InChI=1S/C21H22N2O4S/c1-2-12-26-17-10-8-15(9-11-17)22-19(24)13-18-21(25)23-20(28-18)14-27-16-6-4-3-5-7-16/h3-11,18H,2,12-14H2,1H3,(H,22,24)/t18-/m0/s1. The first-order chi connectivity index (χ1) is 13.6. The Hall–Kier alpha value is -2.80. The van der Waals surface area contributed by atoms with Crippen LogP contribution < -0.4 is 14.8 Å². The van der Waals surface area contributed by atoms with Crippen LogP contribution in [0.3, 0.4) is 0 Å². The summed E-state index contributed by atoms with van der Waals surface area (Å²) in [6.07, 6.45) is 1.00. The molecule has 1 aliphatic heterocycles. The summed E-state index contributed by atoms with van der Waals surface area (Å²) in [6, 6.07) is 16.5. The van der Waals surface area contributed by atoms with Crippen LogP contribution in [-0.4, -0.2) is 35.3 Å². The Kier molecular flexibility index (Phi) is 7.08. The van der Waals surface area contributed by atoms with Gasteiger partial charge >= 0.3 is 0 Å². The van der Waals surface area contributed by atoms with Gasteiger partial charge in [-0.25, -0.2) is 4.99 Å². The second-order valence-electron chi connectivity index (χ2n) is 6.18. The number of carbonyl (C=O) groups is 2. The number of anilines is 1. The maximum Gasteiger partial charge on any atom is 0.260 e. The molecule has 2 amide bonds. The van der Waals surface area contributed by atoms with Crippen molar-refractivity contribution in [2.24, 2.45) is 4.99 Å². The van der Waals surface area contributed by atoms with E-state index in [4.69, 9.17) is 9.47 Å². The number of aliphatic imine (C=N–C) groups is 1. The number of ether oxygens (including phenoxy) is 2. The molecule has 6 nitrogen and oxygen atoms in total. The van der Waals surface area contributed by atoms with Crippen LogP contribution in [0.25, 0.3) is 0 Å². The van der Waals surface area contributed by atoms with Gasteiger partial charge in [0.15, 0.2) is 0 Å². The van der Waals surface area contributed by atoms with Crippen LogP contribution in [0.15, 0.2) is 59.6 Å². The van der Waals surface area contributed by atoms with Crippen molar-refractivity contribution in [3.63, 3.8) is 0 Å². The normalized spacial score (nSPS) is 15.8. The van der Waals surface area contributed by atoms with Crippen LogP contribution in [0, 0.1) is 0 Å². The Balaban J connectivity index is 1.45. The molecule has 0 spiro atoms. The highest BCUT2D eigenvalue weighted by atomic mass is 32.2. The lowest BCUT2D eigenvalue weighted by atomic mass is 10.2. The summed E-state index contributed by atoms with van der Waals surface area (Å²) in [5, 5.41) is 2.88. The van der Waals surface area contributed by atoms with Gasteiger partial charge in [0, 0.05) is 12.1 Å². The van der Waals surface area contributed by atoms with Crippen LogP contribution in [0.1, 0.15) is 19.8 Å². The van der Waals surface area contributed by atoms with Crippen molar-refractivity contribution >= 4 is 34.3 Å². The Labute approximate surface area is 168 Å². The molecule has 2 aromatic carbocycles. The Morgan fingerprint density at radius 2 is 1.79 bits per heavy atom. The number of carbonyl (C=O) groups excluding carboxylic acids is 2. The highest BCUT2D eigenvalue weighted by Gasteiger charge is 2.30. The molecule has 0 radical (unpaired) electrons. The van der Waals surface area contributed by atoms with Crippen molar-refractivity contribution in [2.45, 2.75) is 25.0 Å². The fraction of sp³-hybridized carbons (Fsp3) is 0.286. The fourth-order valence-corrected chi connectivity index (χ4v) is 3.51. The summed E-state index contributed by atoms with van der Waals surface area (Å²) in [6.45, 7) is 2.92. The first-order valence-corrected chi connectivity index (χ1v) is 10.0. The first kappa shape index (κ1) is 19.9.